The minimum Gasteiger partial charge on any atom is -0.348 e. The average Bonchev–Trinajstić information content (AvgIpc) is 3.13. The van der Waals surface area contributed by atoms with Gasteiger partial charge in [-0.3, -0.25) is 9.89 Å². The minimum absolute atomic E-state index is 0.0978. The number of carbonyl (C=O) groups is 1. The van der Waals surface area contributed by atoms with Gasteiger partial charge in [0, 0.05) is 22.9 Å². The van der Waals surface area contributed by atoms with Gasteiger partial charge in [0.25, 0.3) is 5.91 Å². The van der Waals surface area contributed by atoms with Crippen LogP contribution in [0.4, 0.5) is 0 Å². The van der Waals surface area contributed by atoms with Gasteiger partial charge in [-0.2, -0.15) is 5.10 Å². The number of amides is 1. The van der Waals surface area contributed by atoms with Gasteiger partial charge < -0.3 is 5.32 Å². The molecule has 3 rings (SSSR count). The number of halogens is 1. The van der Waals surface area contributed by atoms with Crippen LogP contribution in [0.5, 0.6) is 0 Å². The summed E-state index contributed by atoms with van der Waals surface area (Å²) >= 11 is 7.41. The lowest BCUT2D eigenvalue weighted by molar-refractivity contribution is 0.0951. The van der Waals surface area contributed by atoms with Crippen molar-refractivity contribution in [3.8, 4) is 0 Å². The number of carbonyl (C=O) groups excluding carboxylic acids is 1. The standard InChI is InChI=1S/C17H15ClN4OS/c18-15-7-3-12(4-8-15)9-19-16(23)14-5-1-13(2-6-14)10-24-17-20-11-21-22-17/h1-8,11H,9-10H2,(H,19,23)(H,20,21,22). The quantitative estimate of drug-likeness (QED) is 0.659. The highest BCUT2D eigenvalue weighted by molar-refractivity contribution is 7.98. The molecule has 0 radical (unpaired) electrons. The number of benzene rings is 2. The predicted molar refractivity (Wildman–Crippen MR) is 95.0 cm³/mol. The van der Waals surface area contributed by atoms with Crippen molar-refractivity contribution in [1.29, 1.82) is 0 Å². The van der Waals surface area contributed by atoms with E-state index in [2.05, 4.69) is 20.5 Å². The Bertz CT molecular complexity index is 788. The molecule has 5 nitrogen and oxygen atoms in total. The number of rotatable bonds is 6. The number of nitrogens with zero attached hydrogens (tertiary/aromatic N) is 2. The lowest BCUT2D eigenvalue weighted by atomic mass is 10.1. The summed E-state index contributed by atoms with van der Waals surface area (Å²) in [5.74, 6) is 0.668. The van der Waals surface area contributed by atoms with E-state index in [0.29, 0.717) is 17.1 Å². The summed E-state index contributed by atoms with van der Waals surface area (Å²) in [6.07, 6.45) is 1.48. The van der Waals surface area contributed by atoms with E-state index in [1.54, 1.807) is 11.8 Å². The third-order valence-corrected chi connectivity index (χ3v) is 4.55. The Kier molecular flexibility index (Phi) is 5.51. The summed E-state index contributed by atoms with van der Waals surface area (Å²) in [4.78, 5) is 16.2. The molecule has 3 aromatic rings. The molecule has 1 heterocycles. The Labute approximate surface area is 148 Å². The molecule has 0 aliphatic carbocycles. The van der Waals surface area contributed by atoms with Crippen LogP contribution in [-0.2, 0) is 12.3 Å². The third kappa shape index (κ3) is 4.59. The van der Waals surface area contributed by atoms with Gasteiger partial charge in [0.1, 0.15) is 6.33 Å². The molecule has 0 spiro atoms. The Balaban J connectivity index is 1.52. The Morgan fingerprint density at radius 1 is 1.08 bits per heavy atom. The molecule has 0 unspecified atom stereocenters. The molecular formula is C17H15ClN4OS. The topological polar surface area (TPSA) is 70.7 Å². The minimum atomic E-state index is -0.0978. The first-order valence-corrected chi connectivity index (χ1v) is 8.67. The van der Waals surface area contributed by atoms with Crippen LogP contribution >= 0.6 is 23.4 Å². The van der Waals surface area contributed by atoms with Gasteiger partial charge in [0.2, 0.25) is 0 Å². The van der Waals surface area contributed by atoms with Crippen LogP contribution in [0.3, 0.4) is 0 Å². The van der Waals surface area contributed by atoms with E-state index in [-0.39, 0.29) is 5.91 Å². The fraction of sp³-hybridized carbons (Fsp3) is 0.118. The number of nitrogens with one attached hydrogen (secondary N) is 2. The van der Waals surface area contributed by atoms with Gasteiger partial charge >= 0.3 is 0 Å². The first-order chi connectivity index (χ1) is 11.7. The monoisotopic (exact) mass is 358 g/mol. The van der Waals surface area contributed by atoms with Crippen LogP contribution in [0, 0.1) is 0 Å². The highest BCUT2D eigenvalue weighted by Gasteiger charge is 2.06. The van der Waals surface area contributed by atoms with Crippen LogP contribution in [0.1, 0.15) is 21.5 Å². The van der Waals surface area contributed by atoms with E-state index >= 15 is 0 Å². The van der Waals surface area contributed by atoms with E-state index in [1.807, 2.05) is 48.5 Å². The van der Waals surface area contributed by atoms with Crippen LogP contribution in [0.25, 0.3) is 0 Å². The number of H-pyrrole nitrogens is 1. The van der Waals surface area contributed by atoms with Crippen LogP contribution < -0.4 is 5.32 Å². The SMILES string of the molecule is O=C(NCc1ccc(Cl)cc1)c1ccc(CSc2ncn[nH]2)cc1. The second-order valence-electron chi connectivity index (χ2n) is 5.09. The molecular weight excluding hydrogens is 344 g/mol. The molecule has 0 aliphatic rings. The summed E-state index contributed by atoms with van der Waals surface area (Å²) < 4.78 is 0. The zero-order valence-corrected chi connectivity index (χ0v) is 14.3. The van der Waals surface area contributed by atoms with Crippen molar-refractivity contribution in [2.24, 2.45) is 0 Å². The van der Waals surface area contributed by atoms with Crippen molar-refractivity contribution < 1.29 is 4.79 Å². The molecule has 0 aliphatic heterocycles. The van der Waals surface area contributed by atoms with Crippen molar-refractivity contribution in [1.82, 2.24) is 20.5 Å². The molecule has 7 heteroatoms. The number of hydrogen-bond donors (Lipinski definition) is 2. The van der Waals surface area contributed by atoms with Crippen LogP contribution in [0.2, 0.25) is 5.02 Å². The maximum absolute atomic E-state index is 12.2. The number of aromatic amines is 1. The Morgan fingerprint density at radius 2 is 1.79 bits per heavy atom. The van der Waals surface area contributed by atoms with E-state index in [0.717, 1.165) is 22.0 Å². The highest BCUT2D eigenvalue weighted by atomic mass is 35.5. The van der Waals surface area contributed by atoms with Gasteiger partial charge in [-0.15, -0.1) is 0 Å². The van der Waals surface area contributed by atoms with E-state index < -0.39 is 0 Å². The zero-order chi connectivity index (χ0) is 16.8. The van der Waals surface area contributed by atoms with Gasteiger partial charge in [-0.05, 0) is 35.4 Å². The molecule has 2 N–H and O–H groups in total. The Morgan fingerprint density at radius 3 is 2.46 bits per heavy atom. The Hall–Kier alpha value is -2.31. The molecule has 1 aromatic heterocycles. The predicted octanol–water partition coefficient (Wildman–Crippen LogP) is 3.68. The summed E-state index contributed by atoms with van der Waals surface area (Å²) in [5, 5.41) is 11.0. The van der Waals surface area contributed by atoms with E-state index in [9.17, 15) is 4.79 Å². The summed E-state index contributed by atoms with van der Waals surface area (Å²) in [6, 6.07) is 15.0. The first kappa shape index (κ1) is 16.5. The summed E-state index contributed by atoms with van der Waals surface area (Å²) in [7, 11) is 0. The van der Waals surface area contributed by atoms with Crippen molar-refractivity contribution >= 4 is 29.3 Å². The molecule has 0 atom stereocenters. The number of thioether (sulfide) groups is 1. The van der Waals surface area contributed by atoms with Gasteiger partial charge in [0.05, 0.1) is 0 Å². The highest BCUT2D eigenvalue weighted by Crippen LogP contribution is 2.18. The molecule has 0 saturated heterocycles. The smallest absolute Gasteiger partial charge is 0.251 e. The van der Waals surface area contributed by atoms with Gasteiger partial charge in [-0.25, -0.2) is 4.98 Å². The third-order valence-electron chi connectivity index (χ3n) is 3.35. The zero-order valence-electron chi connectivity index (χ0n) is 12.7. The van der Waals surface area contributed by atoms with E-state index in [4.69, 9.17) is 11.6 Å². The first-order valence-electron chi connectivity index (χ1n) is 7.30. The molecule has 2 aromatic carbocycles. The average molecular weight is 359 g/mol. The molecule has 24 heavy (non-hydrogen) atoms. The fourth-order valence-corrected chi connectivity index (χ4v) is 2.92. The van der Waals surface area contributed by atoms with Gasteiger partial charge in [0.15, 0.2) is 5.16 Å². The normalized spacial score (nSPS) is 10.5. The molecule has 0 bridgehead atoms. The van der Waals surface area contributed by atoms with Crippen molar-refractivity contribution in [2.45, 2.75) is 17.5 Å². The number of aromatic nitrogens is 3. The number of hydrogen-bond acceptors (Lipinski definition) is 4. The summed E-state index contributed by atoms with van der Waals surface area (Å²) in [6.45, 7) is 0.471. The molecule has 0 saturated carbocycles. The maximum Gasteiger partial charge on any atom is 0.251 e. The largest absolute Gasteiger partial charge is 0.348 e. The second kappa shape index (κ2) is 7.99. The van der Waals surface area contributed by atoms with Gasteiger partial charge in [-0.1, -0.05) is 47.6 Å². The van der Waals surface area contributed by atoms with Crippen LogP contribution in [-0.4, -0.2) is 21.1 Å². The van der Waals surface area contributed by atoms with Crippen molar-refractivity contribution in [2.75, 3.05) is 0 Å². The maximum atomic E-state index is 12.2. The second-order valence-corrected chi connectivity index (χ2v) is 6.49. The summed E-state index contributed by atoms with van der Waals surface area (Å²) in [5.41, 5.74) is 2.76. The van der Waals surface area contributed by atoms with Crippen LogP contribution in [0.15, 0.2) is 60.0 Å². The molecule has 1 amide bonds. The lowest BCUT2D eigenvalue weighted by Crippen LogP contribution is -2.22. The molecule has 122 valence electrons. The molecule has 0 fully saturated rings. The van der Waals surface area contributed by atoms with Crippen molar-refractivity contribution in [3.63, 3.8) is 0 Å². The van der Waals surface area contributed by atoms with E-state index in [1.165, 1.54) is 6.33 Å². The van der Waals surface area contributed by atoms with Crippen molar-refractivity contribution in [3.05, 3.63) is 76.6 Å². The fourth-order valence-electron chi connectivity index (χ4n) is 2.05. The lowest BCUT2D eigenvalue weighted by Gasteiger charge is -2.06.